The lowest BCUT2D eigenvalue weighted by Crippen LogP contribution is -2.37. The topological polar surface area (TPSA) is 74.6 Å². The van der Waals surface area contributed by atoms with Gasteiger partial charge in [-0.25, -0.2) is 4.67 Å². The number of unbranched alkanes of at least 4 members (excludes halogenated alkanes) is 1. The van der Waals surface area contributed by atoms with Gasteiger partial charge in [0.1, 0.15) is 0 Å². The standard InChI is InChI=1S/C21H40N3O3PS2/c1-6-19(16-23-21(25)11-8-7-10-20-12-15-29-30-20)27-28(26-14-9-13-22)24(17(2)3)18(4)5/h17-20H,6-12,14-16H2,1-5H3,(H,23,25). The SMILES string of the molecule is CCC(CNC(=O)CCCCC1CCSS1)OP(OCCC#N)N(C(C)C)C(C)C. The van der Waals surface area contributed by atoms with Crippen LogP contribution in [0.3, 0.4) is 0 Å². The minimum atomic E-state index is -1.28. The summed E-state index contributed by atoms with van der Waals surface area (Å²) in [6.07, 6.45) is 6.21. The fourth-order valence-electron chi connectivity index (χ4n) is 3.22. The number of amides is 1. The maximum Gasteiger partial charge on any atom is 0.259 e. The van der Waals surface area contributed by atoms with Gasteiger partial charge in [-0.2, -0.15) is 5.26 Å². The van der Waals surface area contributed by atoms with Gasteiger partial charge in [-0.05, 0) is 53.4 Å². The van der Waals surface area contributed by atoms with E-state index in [0.717, 1.165) is 24.5 Å². The van der Waals surface area contributed by atoms with E-state index >= 15 is 0 Å². The molecule has 0 spiro atoms. The summed E-state index contributed by atoms with van der Waals surface area (Å²) in [5.41, 5.74) is 0. The zero-order valence-electron chi connectivity index (χ0n) is 19.3. The van der Waals surface area contributed by atoms with Crippen LogP contribution in [0.1, 0.15) is 79.6 Å². The molecule has 1 aliphatic rings. The number of rotatable bonds is 16. The predicted molar refractivity (Wildman–Crippen MR) is 130 cm³/mol. The van der Waals surface area contributed by atoms with Gasteiger partial charge in [0.05, 0.1) is 25.2 Å². The molecular formula is C21H40N3O3PS2. The van der Waals surface area contributed by atoms with Gasteiger partial charge in [0.2, 0.25) is 5.91 Å². The van der Waals surface area contributed by atoms with Crippen molar-refractivity contribution in [3.8, 4) is 6.07 Å². The average molecular weight is 478 g/mol. The summed E-state index contributed by atoms with van der Waals surface area (Å²) in [5, 5.41) is 12.7. The maximum atomic E-state index is 12.3. The monoisotopic (exact) mass is 477 g/mol. The van der Waals surface area contributed by atoms with Gasteiger partial charge >= 0.3 is 0 Å². The Balaban J connectivity index is 2.43. The first-order valence-corrected chi connectivity index (χ1v) is 14.7. The van der Waals surface area contributed by atoms with Crippen molar-refractivity contribution in [2.75, 3.05) is 18.9 Å². The molecule has 3 atom stereocenters. The van der Waals surface area contributed by atoms with Gasteiger partial charge < -0.3 is 14.4 Å². The van der Waals surface area contributed by atoms with Crippen molar-refractivity contribution in [2.24, 2.45) is 0 Å². The molecular weight excluding hydrogens is 437 g/mol. The van der Waals surface area contributed by atoms with E-state index in [1.807, 2.05) is 21.6 Å². The second kappa shape index (κ2) is 16.6. The molecule has 6 nitrogen and oxygen atoms in total. The van der Waals surface area contributed by atoms with Gasteiger partial charge in [0, 0.05) is 36.1 Å². The van der Waals surface area contributed by atoms with Crippen molar-refractivity contribution in [3.05, 3.63) is 0 Å². The third-order valence-corrected chi connectivity index (χ3v) is 9.98. The van der Waals surface area contributed by atoms with E-state index in [1.54, 1.807) is 0 Å². The Morgan fingerprint density at radius 3 is 2.60 bits per heavy atom. The molecule has 1 N–H and O–H groups in total. The molecule has 9 heteroatoms. The smallest absolute Gasteiger partial charge is 0.259 e. The summed E-state index contributed by atoms with van der Waals surface area (Å²) in [4.78, 5) is 12.3. The van der Waals surface area contributed by atoms with Crippen LogP contribution in [0.4, 0.5) is 0 Å². The fraction of sp³-hybridized carbons (Fsp3) is 0.905. The molecule has 0 saturated carbocycles. The van der Waals surface area contributed by atoms with Gasteiger partial charge in [-0.1, -0.05) is 34.9 Å². The summed E-state index contributed by atoms with van der Waals surface area (Å²) in [6, 6.07) is 2.65. The van der Waals surface area contributed by atoms with E-state index in [0.29, 0.717) is 26.0 Å². The van der Waals surface area contributed by atoms with Crippen molar-refractivity contribution in [1.82, 2.24) is 9.99 Å². The molecule has 0 radical (unpaired) electrons. The van der Waals surface area contributed by atoms with Crippen molar-refractivity contribution in [2.45, 2.75) is 103 Å². The Morgan fingerprint density at radius 1 is 1.30 bits per heavy atom. The molecule has 0 bridgehead atoms. The van der Waals surface area contributed by atoms with Crippen LogP contribution < -0.4 is 5.32 Å². The number of nitrogens with one attached hydrogen (secondary N) is 1. The molecule has 1 saturated heterocycles. The summed E-state index contributed by atoms with van der Waals surface area (Å²) in [7, 11) is 2.69. The maximum absolute atomic E-state index is 12.3. The Hall–Kier alpha value is -0.0300. The highest BCUT2D eigenvalue weighted by Gasteiger charge is 2.29. The van der Waals surface area contributed by atoms with Crippen LogP contribution in [0.15, 0.2) is 0 Å². The Labute approximate surface area is 192 Å². The highest BCUT2D eigenvalue weighted by Crippen LogP contribution is 2.47. The van der Waals surface area contributed by atoms with Gasteiger partial charge in [0.25, 0.3) is 8.53 Å². The van der Waals surface area contributed by atoms with E-state index in [-0.39, 0.29) is 24.1 Å². The molecule has 0 aromatic heterocycles. The quantitative estimate of drug-likeness (QED) is 0.169. The van der Waals surface area contributed by atoms with Crippen LogP contribution in [0.25, 0.3) is 0 Å². The van der Waals surface area contributed by atoms with E-state index in [2.05, 4.69) is 50.7 Å². The van der Waals surface area contributed by atoms with E-state index in [4.69, 9.17) is 14.3 Å². The fourth-order valence-corrected chi connectivity index (χ4v) is 8.03. The molecule has 0 aliphatic carbocycles. The van der Waals surface area contributed by atoms with Crippen LogP contribution in [0.2, 0.25) is 0 Å². The minimum absolute atomic E-state index is 0.102. The second-order valence-corrected chi connectivity index (χ2v) is 12.3. The lowest BCUT2D eigenvalue weighted by molar-refractivity contribution is -0.121. The Morgan fingerprint density at radius 2 is 2.03 bits per heavy atom. The van der Waals surface area contributed by atoms with Gasteiger partial charge in [0.15, 0.2) is 0 Å². The first-order chi connectivity index (χ1) is 14.4. The van der Waals surface area contributed by atoms with Gasteiger partial charge in [-0.15, -0.1) is 0 Å². The molecule has 30 heavy (non-hydrogen) atoms. The van der Waals surface area contributed by atoms with E-state index < -0.39 is 8.53 Å². The number of nitriles is 1. The first kappa shape index (κ1) is 28.0. The zero-order chi connectivity index (χ0) is 22.4. The summed E-state index contributed by atoms with van der Waals surface area (Å²) < 4.78 is 14.5. The molecule has 3 unspecified atom stereocenters. The predicted octanol–water partition coefficient (Wildman–Crippen LogP) is 5.89. The molecule has 1 aliphatic heterocycles. The third kappa shape index (κ3) is 11.5. The molecule has 174 valence electrons. The van der Waals surface area contributed by atoms with Crippen LogP contribution >= 0.6 is 30.1 Å². The Kier molecular flexibility index (Phi) is 15.5. The molecule has 0 aromatic rings. The molecule has 1 amide bonds. The summed E-state index contributed by atoms with van der Waals surface area (Å²) >= 11 is 0. The number of carbonyl (C=O) groups is 1. The van der Waals surface area contributed by atoms with E-state index in [9.17, 15) is 4.79 Å². The van der Waals surface area contributed by atoms with Crippen LogP contribution in [0, 0.1) is 11.3 Å². The number of hydrogen-bond donors (Lipinski definition) is 1. The summed E-state index contributed by atoms with van der Waals surface area (Å²) in [5.74, 6) is 1.37. The Bertz CT molecular complexity index is 506. The molecule has 0 aromatic carbocycles. The summed E-state index contributed by atoms with van der Waals surface area (Å²) in [6.45, 7) is 11.4. The van der Waals surface area contributed by atoms with Crippen molar-refractivity contribution >= 4 is 36.0 Å². The largest absolute Gasteiger partial charge is 0.353 e. The van der Waals surface area contributed by atoms with Crippen LogP contribution in [-0.2, 0) is 13.8 Å². The normalized spacial score (nSPS) is 18.7. The molecule has 1 rings (SSSR count). The lowest BCUT2D eigenvalue weighted by Gasteiger charge is -2.37. The number of nitrogens with zero attached hydrogens (tertiary/aromatic N) is 2. The van der Waals surface area contributed by atoms with Crippen LogP contribution in [-0.4, -0.2) is 52.9 Å². The highest BCUT2D eigenvalue weighted by atomic mass is 33.1. The van der Waals surface area contributed by atoms with Crippen LogP contribution in [0.5, 0.6) is 0 Å². The second-order valence-electron chi connectivity index (χ2n) is 8.06. The van der Waals surface area contributed by atoms with Crippen molar-refractivity contribution < 1.29 is 13.8 Å². The minimum Gasteiger partial charge on any atom is -0.353 e. The molecule has 1 heterocycles. The first-order valence-electron chi connectivity index (χ1n) is 11.2. The van der Waals surface area contributed by atoms with E-state index in [1.165, 1.54) is 18.6 Å². The average Bonchev–Trinajstić information content (AvgIpc) is 3.21. The number of carbonyl (C=O) groups excluding carboxylic acids is 1. The van der Waals surface area contributed by atoms with Crippen molar-refractivity contribution in [1.29, 1.82) is 5.26 Å². The van der Waals surface area contributed by atoms with Gasteiger partial charge in [-0.3, -0.25) is 4.79 Å². The lowest BCUT2D eigenvalue weighted by atomic mass is 10.1. The zero-order valence-corrected chi connectivity index (χ0v) is 21.8. The third-order valence-electron chi connectivity index (χ3n) is 4.79. The molecule has 1 fully saturated rings. The number of hydrogen-bond acceptors (Lipinski definition) is 7. The van der Waals surface area contributed by atoms with Crippen molar-refractivity contribution in [3.63, 3.8) is 0 Å². The highest BCUT2D eigenvalue weighted by molar-refractivity contribution is 8.77.